The minimum absolute atomic E-state index is 0.157. The second-order valence-corrected chi connectivity index (χ2v) is 7.55. The minimum atomic E-state index is 0.157. The molecule has 0 spiro atoms. The summed E-state index contributed by atoms with van der Waals surface area (Å²) in [5, 5.41) is 5.91. The van der Waals surface area contributed by atoms with Crippen LogP contribution in [0.5, 0.6) is 0 Å². The standard InChI is InChI=1S/C19H16Cl3N/c1-10-5-8-15(21)17-12-3-2-4-13(12)19(23-18(10)17)14-7-6-11(20)9-16(14)22/h2-3,5-9,12-13,19,23H,4H2,1H3/t12-,13+,19-/m0/s1. The molecule has 1 aliphatic carbocycles. The molecule has 2 aliphatic rings. The Hall–Kier alpha value is -1.15. The second kappa shape index (κ2) is 5.73. The molecule has 0 saturated carbocycles. The van der Waals surface area contributed by atoms with Gasteiger partial charge in [0.2, 0.25) is 0 Å². The van der Waals surface area contributed by atoms with Crippen LogP contribution in [0, 0.1) is 12.8 Å². The summed E-state index contributed by atoms with van der Waals surface area (Å²) in [5.41, 5.74) is 4.66. The highest BCUT2D eigenvalue weighted by Crippen LogP contribution is 2.53. The molecule has 0 radical (unpaired) electrons. The first-order valence-electron chi connectivity index (χ1n) is 7.73. The van der Waals surface area contributed by atoms with E-state index in [2.05, 4.69) is 30.5 Å². The van der Waals surface area contributed by atoms with Crippen LogP contribution in [0.3, 0.4) is 0 Å². The van der Waals surface area contributed by atoms with Crippen LogP contribution >= 0.6 is 34.8 Å². The van der Waals surface area contributed by atoms with Gasteiger partial charge in [-0.3, -0.25) is 0 Å². The summed E-state index contributed by atoms with van der Waals surface area (Å²) in [5.74, 6) is 0.746. The molecule has 1 nitrogen and oxygen atoms in total. The van der Waals surface area contributed by atoms with Crippen molar-refractivity contribution in [3.8, 4) is 0 Å². The fourth-order valence-electron chi connectivity index (χ4n) is 3.87. The van der Waals surface area contributed by atoms with Crippen LogP contribution in [0.4, 0.5) is 5.69 Å². The van der Waals surface area contributed by atoms with Crippen LogP contribution in [0.2, 0.25) is 15.1 Å². The molecule has 1 heterocycles. The summed E-state index contributed by atoms with van der Waals surface area (Å²) in [6.07, 6.45) is 5.55. The zero-order chi connectivity index (χ0) is 16.1. The Balaban J connectivity index is 1.86. The Morgan fingerprint density at radius 2 is 1.87 bits per heavy atom. The van der Waals surface area contributed by atoms with Gasteiger partial charge in [0.05, 0.1) is 6.04 Å². The predicted molar refractivity (Wildman–Crippen MR) is 99.0 cm³/mol. The van der Waals surface area contributed by atoms with Crippen molar-refractivity contribution in [3.63, 3.8) is 0 Å². The maximum atomic E-state index is 6.51. The van der Waals surface area contributed by atoms with E-state index in [9.17, 15) is 0 Å². The first kappa shape index (κ1) is 15.4. The van der Waals surface area contributed by atoms with Crippen LogP contribution in [-0.4, -0.2) is 0 Å². The molecular weight excluding hydrogens is 349 g/mol. The van der Waals surface area contributed by atoms with Gasteiger partial charge in [0.1, 0.15) is 0 Å². The highest BCUT2D eigenvalue weighted by atomic mass is 35.5. The van der Waals surface area contributed by atoms with E-state index < -0.39 is 0 Å². The number of hydrogen-bond donors (Lipinski definition) is 1. The maximum Gasteiger partial charge on any atom is 0.0568 e. The molecule has 23 heavy (non-hydrogen) atoms. The number of anilines is 1. The van der Waals surface area contributed by atoms with Gasteiger partial charge in [-0.15, -0.1) is 0 Å². The fraction of sp³-hybridized carbons (Fsp3) is 0.263. The molecule has 0 bridgehead atoms. The van der Waals surface area contributed by atoms with E-state index in [1.165, 1.54) is 11.1 Å². The number of halogens is 3. The Morgan fingerprint density at radius 1 is 1.04 bits per heavy atom. The van der Waals surface area contributed by atoms with Crippen molar-refractivity contribution in [1.29, 1.82) is 0 Å². The molecule has 4 heteroatoms. The molecule has 2 aromatic rings. The number of fused-ring (bicyclic) bond motifs is 3. The van der Waals surface area contributed by atoms with Gasteiger partial charge in [-0.2, -0.15) is 0 Å². The highest BCUT2D eigenvalue weighted by Gasteiger charge is 2.40. The van der Waals surface area contributed by atoms with Gasteiger partial charge >= 0.3 is 0 Å². The third-order valence-corrected chi connectivity index (χ3v) is 5.86. The molecule has 1 N–H and O–H groups in total. The summed E-state index contributed by atoms with van der Waals surface area (Å²) < 4.78 is 0. The van der Waals surface area contributed by atoms with Gasteiger partial charge in [0.25, 0.3) is 0 Å². The summed E-state index contributed by atoms with van der Waals surface area (Å²) in [7, 11) is 0. The largest absolute Gasteiger partial charge is 0.377 e. The zero-order valence-corrected chi connectivity index (χ0v) is 14.9. The molecule has 0 saturated heterocycles. The molecular formula is C19H16Cl3N. The SMILES string of the molecule is Cc1ccc(Cl)c2c1N[C@H](c1ccc(Cl)cc1Cl)[C@@H]1CC=C[C@H]21. The average Bonchev–Trinajstić information content (AvgIpc) is 3.00. The van der Waals surface area contributed by atoms with Crippen molar-refractivity contribution in [1.82, 2.24) is 0 Å². The first-order valence-corrected chi connectivity index (χ1v) is 8.87. The number of allylic oxidation sites excluding steroid dienone is 2. The van der Waals surface area contributed by atoms with E-state index in [0.717, 1.165) is 22.7 Å². The summed E-state index contributed by atoms with van der Waals surface area (Å²) in [6.45, 7) is 2.11. The third kappa shape index (κ3) is 2.46. The molecule has 2 aromatic carbocycles. The number of hydrogen-bond acceptors (Lipinski definition) is 1. The number of rotatable bonds is 1. The van der Waals surface area contributed by atoms with Crippen LogP contribution in [-0.2, 0) is 0 Å². The number of aryl methyl sites for hydroxylation is 1. The fourth-order valence-corrected chi connectivity index (χ4v) is 4.68. The molecule has 4 rings (SSSR count). The summed E-state index contributed by atoms with van der Waals surface area (Å²) in [6, 6.07) is 9.97. The Bertz CT molecular complexity index is 813. The van der Waals surface area contributed by atoms with Crippen molar-refractivity contribution in [2.75, 3.05) is 5.32 Å². The van der Waals surface area contributed by atoms with Crippen molar-refractivity contribution in [2.24, 2.45) is 5.92 Å². The molecule has 0 aromatic heterocycles. The van der Waals surface area contributed by atoms with Gasteiger partial charge in [-0.1, -0.05) is 59.1 Å². The predicted octanol–water partition coefficient (Wildman–Crippen LogP) is 6.78. The van der Waals surface area contributed by atoms with Gasteiger partial charge in [-0.25, -0.2) is 0 Å². The lowest BCUT2D eigenvalue weighted by Gasteiger charge is -2.39. The number of benzene rings is 2. The van der Waals surface area contributed by atoms with Crippen LogP contribution in [0.15, 0.2) is 42.5 Å². The van der Waals surface area contributed by atoms with Crippen molar-refractivity contribution in [3.05, 3.63) is 74.2 Å². The molecule has 1 aliphatic heterocycles. The lowest BCUT2D eigenvalue weighted by Crippen LogP contribution is -2.30. The van der Waals surface area contributed by atoms with E-state index >= 15 is 0 Å². The van der Waals surface area contributed by atoms with Gasteiger partial charge in [0, 0.05) is 32.2 Å². The normalized spacial score (nSPS) is 25.0. The Morgan fingerprint density at radius 3 is 2.65 bits per heavy atom. The van der Waals surface area contributed by atoms with Crippen molar-refractivity contribution in [2.45, 2.75) is 25.3 Å². The van der Waals surface area contributed by atoms with E-state index in [1.54, 1.807) is 0 Å². The van der Waals surface area contributed by atoms with Crippen molar-refractivity contribution >= 4 is 40.5 Å². The lowest BCUT2D eigenvalue weighted by molar-refractivity contribution is 0.425. The van der Waals surface area contributed by atoms with E-state index in [0.29, 0.717) is 21.9 Å². The minimum Gasteiger partial charge on any atom is -0.377 e. The monoisotopic (exact) mass is 363 g/mol. The van der Waals surface area contributed by atoms with E-state index in [1.807, 2.05) is 24.3 Å². The smallest absolute Gasteiger partial charge is 0.0568 e. The van der Waals surface area contributed by atoms with Gasteiger partial charge < -0.3 is 5.32 Å². The number of nitrogens with one attached hydrogen (secondary N) is 1. The quantitative estimate of drug-likeness (QED) is 0.550. The zero-order valence-electron chi connectivity index (χ0n) is 12.6. The Kier molecular flexibility index (Phi) is 3.84. The summed E-state index contributed by atoms with van der Waals surface area (Å²) in [4.78, 5) is 0. The summed E-state index contributed by atoms with van der Waals surface area (Å²) >= 11 is 19.0. The Labute approximate surface area is 151 Å². The van der Waals surface area contributed by atoms with E-state index in [4.69, 9.17) is 34.8 Å². The van der Waals surface area contributed by atoms with E-state index in [-0.39, 0.29) is 6.04 Å². The van der Waals surface area contributed by atoms with Crippen LogP contribution in [0.1, 0.15) is 35.1 Å². The maximum absolute atomic E-state index is 6.51. The molecule has 0 amide bonds. The average molecular weight is 365 g/mol. The molecule has 118 valence electrons. The van der Waals surface area contributed by atoms with Gasteiger partial charge in [0.15, 0.2) is 0 Å². The topological polar surface area (TPSA) is 12.0 Å². The second-order valence-electron chi connectivity index (χ2n) is 6.29. The van der Waals surface area contributed by atoms with Crippen LogP contribution in [0.25, 0.3) is 0 Å². The van der Waals surface area contributed by atoms with Crippen molar-refractivity contribution < 1.29 is 0 Å². The van der Waals surface area contributed by atoms with Crippen LogP contribution < -0.4 is 5.32 Å². The molecule has 0 fully saturated rings. The third-order valence-electron chi connectivity index (χ3n) is 4.97. The first-order chi connectivity index (χ1) is 11.1. The highest BCUT2D eigenvalue weighted by molar-refractivity contribution is 6.35. The van der Waals surface area contributed by atoms with Gasteiger partial charge in [-0.05, 0) is 48.6 Å². The molecule has 3 atom stereocenters. The lowest BCUT2D eigenvalue weighted by atomic mass is 9.76. The molecule has 0 unspecified atom stereocenters.